The molecule has 1 amide bonds. The van der Waals surface area contributed by atoms with E-state index in [0.29, 0.717) is 32.0 Å². The van der Waals surface area contributed by atoms with Gasteiger partial charge in [-0.2, -0.15) is 0 Å². The number of amides is 1. The number of sulfonamides is 1. The van der Waals surface area contributed by atoms with Crippen LogP contribution in [0.2, 0.25) is 0 Å². The monoisotopic (exact) mass is 431 g/mol. The molecule has 3 rings (SSSR count). The molecule has 0 radical (unpaired) electrons. The van der Waals surface area contributed by atoms with E-state index in [1.165, 1.54) is 4.31 Å². The Balaban J connectivity index is 1.72. The van der Waals surface area contributed by atoms with Crippen molar-refractivity contribution in [1.29, 1.82) is 0 Å². The van der Waals surface area contributed by atoms with Crippen LogP contribution >= 0.6 is 0 Å². The average molecular weight is 432 g/mol. The third kappa shape index (κ3) is 5.81. The molecule has 0 aromatic heterocycles. The van der Waals surface area contributed by atoms with Crippen molar-refractivity contribution in [3.05, 3.63) is 60.2 Å². The molecular weight excluding hydrogens is 402 g/mol. The topological polar surface area (TPSA) is 79.0 Å². The second kappa shape index (κ2) is 10.6. The van der Waals surface area contributed by atoms with Gasteiger partial charge in [0.25, 0.3) is 10.0 Å². The summed E-state index contributed by atoms with van der Waals surface area (Å²) in [6.07, 6.45) is 0.855. The van der Waals surface area contributed by atoms with Crippen molar-refractivity contribution in [2.75, 3.05) is 50.2 Å². The summed E-state index contributed by atoms with van der Waals surface area (Å²) in [6, 6.07) is 15.5. The van der Waals surface area contributed by atoms with E-state index in [1.54, 1.807) is 42.5 Å². The highest BCUT2D eigenvalue weighted by atomic mass is 32.2. The Morgan fingerprint density at radius 2 is 1.73 bits per heavy atom. The number of hydrogen-bond acceptors (Lipinski definition) is 5. The predicted molar refractivity (Wildman–Crippen MR) is 117 cm³/mol. The zero-order valence-corrected chi connectivity index (χ0v) is 18.1. The van der Waals surface area contributed by atoms with E-state index in [2.05, 4.69) is 10.2 Å². The van der Waals surface area contributed by atoms with Gasteiger partial charge in [0.05, 0.1) is 23.8 Å². The van der Waals surface area contributed by atoms with Gasteiger partial charge in [-0.25, -0.2) is 8.42 Å². The number of nitrogens with zero attached hydrogens (tertiary/aromatic N) is 2. The molecule has 1 heterocycles. The lowest BCUT2D eigenvalue weighted by molar-refractivity contribution is -0.119. The molecule has 1 N–H and O–H groups in total. The number of aryl methyl sites for hydroxylation is 1. The molecule has 1 aliphatic rings. The highest BCUT2D eigenvalue weighted by molar-refractivity contribution is 7.92. The molecule has 30 heavy (non-hydrogen) atoms. The van der Waals surface area contributed by atoms with E-state index < -0.39 is 10.0 Å². The van der Waals surface area contributed by atoms with Crippen molar-refractivity contribution < 1.29 is 17.9 Å². The van der Waals surface area contributed by atoms with Crippen LogP contribution in [0, 0.1) is 0 Å². The second-order valence-corrected chi connectivity index (χ2v) is 9.01. The maximum Gasteiger partial charge on any atom is 0.264 e. The van der Waals surface area contributed by atoms with Crippen molar-refractivity contribution >= 4 is 21.6 Å². The fraction of sp³-hybridized carbons (Fsp3) is 0.409. The van der Waals surface area contributed by atoms with Gasteiger partial charge in [-0.1, -0.05) is 37.3 Å². The SMILES string of the molecule is CCc1ccc(N(CC(=O)NCCN2CCOCC2)S(=O)(=O)c2ccccc2)cc1. The standard InChI is InChI=1S/C22H29N3O4S/c1-2-19-8-10-20(11-9-19)25(30(27,28)21-6-4-3-5-7-21)18-22(26)23-12-13-24-14-16-29-17-15-24/h3-11H,2,12-18H2,1H3,(H,23,26). The molecule has 2 aromatic rings. The summed E-state index contributed by atoms with van der Waals surface area (Å²) in [5, 5.41) is 2.85. The summed E-state index contributed by atoms with van der Waals surface area (Å²) < 4.78 is 33.0. The summed E-state index contributed by atoms with van der Waals surface area (Å²) in [4.78, 5) is 15.0. The lowest BCUT2D eigenvalue weighted by Crippen LogP contribution is -2.44. The molecule has 0 spiro atoms. The van der Waals surface area contributed by atoms with E-state index in [1.807, 2.05) is 19.1 Å². The van der Waals surface area contributed by atoms with E-state index in [0.717, 1.165) is 25.1 Å². The molecule has 7 nitrogen and oxygen atoms in total. The van der Waals surface area contributed by atoms with Crippen molar-refractivity contribution in [1.82, 2.24) is 10.2 Å². The number of morpholine rings is 1. The molecule has 8 heteroatoms. The smallest absolute Gasteiger partial charge is 0.264 e. The van der Waals surface area contributed by atoms with Crippen LogP contribution in [-0.2, 0) is 26.0 Å². The molecule has 162 valence electrons. The first-order valence-corrected chi connectivity index (χ1v) is 11.7. The van der Waals surface area contributed by atoms with Crippen LogP contribution in [0.5, 0.6) is 0 Å². The van der Waals surface area contributed by atoms with Gasteiger partial charge in [-0.3, -0.25) is 14.0 Å². The van der Waals surface area contributed by atoms with E-state index in [-0.39, 0.29) is 17.3 Å². The highest BCUT2D eigenvalue weighted by Gasteiger charge is 2.27. The first-order chi connectivity index (χ1) is 14.5. The molecule has 0 saturated carbocycles. The number of ether oxygens (including phenoxy) is 1. The van der Waals surface area contributed by atoms with E-state index in [9.17, 15) is 13.2 Å². The number of carbonyl (C=O) groups excluding carboxylic acids is 1. The minimum absolute atomic E-state index is 0.158. The minimum atomic E-state index is -3.87. The molecule has 0 unspecified atom stereocenters. The Hall–Kier alpha value is -2.42. The maximum absolute atomic E-state index is 13.3. The largest absolute Gasteiger partial charge is 0.379 e. The molecule has 1 aliphatic heterocycles. The van der Waals surface area contributed by atoms with Gasteiger partial charge in [0.2, 0.25) is 5.91 Å². The quantitative estimate of drug-likeness (QED) is 0.656. The Kier molecular flexibility index (Phi) is 7.84. The van der Waals surface area contributed by atoms with Gasteiger partial charge in [0, 0.05) is 26.2 Å². The maximum atomic E-state index is 13.3. The predicted octanol–water partition coefficient (Wildman–Crippen LogP) is 1.89. The number of benzene rings is 2. The Labute approximate surface area is 178 Å². The van der Waals surface area contributed by atoms with Crippen LogP contribution in [-0.4, -0.2) is 65.2 Å². The van der Waals surface area contributed by atoms with Crippen LogP contribution in [0.4, 0.5) is 5.69 Å². The third-order valence-electron chi connectivity index (χ3n) is 5.10. The lowest BCUT2D eigenvalue weighted by Gasteiger charge is -2.27. The molecule has 0 bridgehead atoms. The molecule has 0 atom stereocenters. The van der Waals surface area contributed by atoms with Gasteiger partial charge in [0.1, 0.15) is 6.54 Å². The molecule has 1 saturated heterocycles. The zero-order valence-electron chi connectivity index (χ0n) is 17.3. The first kappa shape index (κ1) is 22.3. The second-order valence-electron chi connectivity index (χ2n) is 7.15. The molecular formula is C22H29N3O4S. The van der Waals surface area contributed by atoms with Crippen molar-refractivity contribution in [2.24, 2.45) is 0 Å². The molecule has 1 fully saturated rings. The van der Waals surface area contributed by atoms with Crippen molar-refractivity contribution in [2.45, 2.75) is 18.2 Å². The van der Waals surface area contributed by atoms with Crippen LogP contribution in [0.3, 0.4) is 0 Å². The Bertz CT molecular complexity index is 911. The molecule has 0 aliphatic carbocycles. The Morgan fingerprint density at radius 3 is 2.37 bits per heavy atom. The summed E-state index contributed by atoms with van der Waals surface area (Å²) in [7, 11) is -3.87. The number of rotatable bonds is 9. The highest BCUT2D eigenvalue weighted by Crippen LogP contribution is 2.24. The number of carbonyl (C=O) groups is 1. The fourth-order valence-corrected chi connectivity index (χ4v) is 4.74. The minimum Gasteiger partial charge on any atom is -0.379 e. The Morgan fingerprint density at radius 1 is 1.07 bits per heavy atom. The summed E-state index contributed by atoms with van der Waals surface area (Å²) in [5.41, 5.74) is 1.57. The lowest BCUT2D eigenvalue weighted by atomic mass is 10.1. The number of nitrogens with one attached hydrogen (secondary N) is 1. The van der Waals surface area contributed by atoms with Gasteiger partial charge in [-0.05, 0) is 36.2 Å². The van der Waals surface area contributed by atoms with Crippen LogP contribution < -0.4 is 9.62 Å². The molecule has 2 aromatic carbocycles. The first-order valence-electron chi connectivity index (χ1n) is 10.2. The third-order valence-corrected chi connectivity index (χ3v) is 6.89. The van der Waals surface area contributed by atoms with E-state index >= 15 is 0 Å². The summed E-state index contributed by atoms with van der Waals surface area (Å²) in [6.45, 7) is 6.03. The van der Waals surface area contributed by atoms with Gasteiger partial charge >= 0.3 is 0 Å². The van der Waals surface area contributed by atoms with Gasteiger partial charge in [0.15, 0.2) is 0 Å². The van der Waals surface area contributed by atoms with Crippen molar-refractivity contribution in [3.8, 4) is 0 Å². The van der Waals surface area contributed by atoms with Crippen LogP contribution in [0.1, 0.15) is 12.5 Å². The van der Waals surface area contributed by atoms with E-state index in [4.69, 9.17) is 4.74 Å². The average Bonchev–Trinajstić information content (AvgIpc) is 2.79. The summed E-state index contributed by atoms with van der Waals surface area (Å²) in [5.74, 6) is -0.331. The fourth-order valence-electron chi connectivity index (χ4n) is 3.30. The zero-order chi connectivity index (χ0) is 21.4. The van der Waals surface area contributed by atoms with Gasteiger partial charge in [-0.15, -0.1) is 0 Å². The van der Waals surface area contributed by atoms with Crippen LogP contribution in [0.25, 0.3) is 0 Å². The normalized spacial score (nSPS) is 15.0. The van der Waals surface area contributed by atoms with Crippen LogP contribution in [0.15, 0.2) is 59.5 Å². The number of anilines is 1. The van der Waals surface area contributed by atoms with Crippen molar-refractivity contribution in [3.63, 3.8) is 0 Å². The summed E-state index contributed by atoms with van der Waals surface area (Å²) >= 11 is 0. The van der Waals surface area contributed by atoms with Gasteiger partial charge < -0.3 is 10.1 Å². The number of hydrogen-bond donors (Lipinski definition) is 1.